The van der Waals surface area contributed by atoms with Crippen LogP contribution in [0.5, 0.6) is 0 Å². The number of nitrogens with zero attached hydrogens (tertiary/aromatic N) is 3. The van der Waals surface area contributed by atoms with E-state index in [0.29, 0.717) is 6.04 Å². The molecule has 1 saturated heterocycles. The average molecular weight is 317 g/mol. The molecule has 4 aromatic rings. The largest absolute Gasteiger partial charge is 0.346 e. The van der Waals surface area contributed by atoms with Crippen molar-refractivity contribution in [1.29, 1.82) is 0 Å². The number of pyridine rings is 2. The highest BCUT2D eigenvalue weighted by Crippen LogP contribution is 2.35. The van der Waals surface area contributed by atoms with Crippen LogP contribution < -0.4 is 5.32 Å². The summed E-state index contributed by atoms with van der Waals surface area (Å²) in [5.41, 5.74) is 4.39. The van der Waals surface area contributed by atoms with Crippen molar-refractivity contribution in [1.82, 2.24) is 24.8 Å². The predicted molar refractivity (Wildman–Crippen MR) is 96.0 cm³/mol. The Labute approximate surface area is 139 Å². The third kappa shape index (κ3) is 2.05. The summed E-state index contributed by atoms with van der Waals surface area (Å²) in [7, 11) is 0. The van der Waals surface area contributed by atoms with Crippen LogP contribution in [0.15, 0.2) is 48.9 Å². The van der Waals surface area contributed by atoms with E-state index >= 15 is 0 Å². The molecule has 0 radical (unpaired) electrons. The number of aromatic nitrogens is 4. The first-order valence-electron chi connectivity index (χ1n) is 8.51. The summed E-state index contributed by atoms with van der Waals surface area (Å²) in [6.45, 7) is 2.10. The summed E-state index contributed by atoms with van der Waals surface area (Å²) in [5.74, 6) is 0. The van der Waals surface area contributed by atoms with Crippen molar-refractivity contribution in [3.63, 3.8) is 0 Å². The van der Waals surface area contributed by atoms with Gasteiger partial charge >= 0.3 is 0 Å². The van der Waals surface area contributed by atoms with Crippen LogP contribution in [0.25, 0.3) is 33.3 Å². The molecule has 0 saturated carbocycles. The molecule has 1 fully saturated rings. The molecule has 0 spiro atoms. The molecule has 24 heavy (non-hydrogen) atoms. The molecule has 1 aliphatic heterocycles. The minimum Gasteiger partial charge on any atom is -0.346 e. The second kappa shape index (κ2) is 5.46. The van der Waals surface area contributed by atoms with Gasteiger partial charge in [-0.3, -0.25) is 4.98 Å². The number of fused-ring (bicyclic) bond motifs is 3. The smallest absolute Gasteiger partial charge is 0.139 e. The third-order valence-corrected chi connectivity index (χ3v) is 4.94. The van der Waals surface area contributed by atoms with Gasteiger partial charge in [-0.05, 0) is 43.7 Å². The van der Waals surface area contributed by atoms with Gasteiger partial charge in [0.05, 0.1) is 16.9 Å². The molecule has 5 heteroatoms. The Hall–Kier alpha value is -2.66. The van der Waals surface area contributed by atoms with Gasteiger partial charge in [-0.15, -0.1) is 0 Å². The maximum absolute atomic E-state index is 4.60. The lowest BCUT2D eigenvalue weighted by Crippen LogP contribution is -2.31. The summed E-state index contributed by atoms with van der Waals surface area (Å²) >= 11 is 0. The number of hydrogen-bond donors (Lipinski definition) is 2. The van der Waals surface area contributed by atoms with Crippen molar-refractivity contribution < 1.29 is 0 Å². The SMILES string of the molecule is c1ccc(-c2cc3cnc4[nH]ccc4c3n2[C@@H]2CCCNC2)nc1. The minimum absolute atomic E-state index is 0.439. The van der Waals surface area contributed by atoms with Crippen LogP contribution >= 0.6 is 0 Å². The highest BCUT2D eigenvalue weighted by Gasteiger charge is 2.23. The standard InChI is InChI=1S/C19H19N5/c1-2-8-21-16(5-1)17-10-13-11-23-19-15(6-9-22-19)18(13)24(17)14-4-3-7-20-12-14/h1-2,5-6,8-11,14,20H,3-4,7,12H2,(H,22,23)/t14-/m1/s1. The van der Waals surface area contributed by atoms with Crippen molar-refractivity contribution in [2.24, 2.45) is 0 Å². The van der Waals surface area contributed by atoms with Crippen LogP contribution in [0.3, 0.4) is 0 Å². The molecular formula is C19H19N5. The van der Waals surface area contributed by atoms with Gasteiger partial charge in [0.25, 0.3) is 0 Å². The van der Waals surface area contributed by atoms with Gasteiger partial charge in [-0.1, -0.05) is 6.07 Å². The lowest BCUT2D eigenvalue weighted by atomic mass is 10.1. The summed E-state index contributed by atoms with van der Waals surface area (Å²) in [4.78, 5) is 12.4. The van der Waals surface area contributed by atoms with E-state index < -0.39 is 0 Å². The van der Waals surface area contributed by atoms with Gasteiger partial charge in [0.15, 0.2) is 0 Å². The van der Waals surface area contributed by atoms with Crippen LogP contribution in [0.1, 0.15) is 18.9 Å². The summed E-state index contributed by atoms with van der Waals surface area (Å²) in [6.07, 6.45) is 8.18. The Morgan fingerprint density at radius 2 is 2.17 bits per heavy atom. The molecular weight excluding hydrogens is 298 g/mol. The molecule has 5 nitrogen and oxygen atoms in total. The van der Waals surface area contributed by atoms with E-state index in [0.717, 1.165) is 24.4 Å². The molecule has 2 N–H and O–H groups in total. The zero-order chi connectivity index (χ0) is 15.9. The highest BCUT2D eigenvalue weighted by molar-refractivity contribution is 6.04. The third-order valence-electron chi connectivity index (χ3n) is 4.94. The quantitative estimate of drug-likeness (QED) is 0.595. The van der Waals surface area contributed by atoms with Crippen molar-refractivity contribution in [3.05, 3.63) is 48.9 Å². The molecule has 5 rings (SSSR count). The maximum Gasteiger partial charge on any atom is 0.139 e. The summed E-state index contributed by atoms with van der Waals surface area (Å²) in [5, 5.41) is 5.90. The van der Waals surface area contributed by atoms with Gasteiger partial charge in [0, 0.05) is 41.9 Å². The second-order valence-electron chi connectivity index (χ2n) is 6.42. The fourth-order valence-corrected chi connectivity index (χ4v) is 3.87. The topological polar surface area (TPSA) is 58.5 Å². The molecule has 0 aromatic carbocycles. The molecule has 1 atom stereocenters. The van der Waals surface area contributed by atoms with E-state index in [1.807, 2.05) is 30.7 Å². The van der Waals surface area contributed by atoms with Crippen LogP contribution in [-0.4, -0.2) is 32.6 Å². The molecule has 0 aliphatic carbocycles. The fourth-order valence-electron chi connectivity index (χ4n) is 3.87. The monoisotopic (exact) mass is 317 g/mol. The van der Waals surface area contributed by atoms with Crippen LogP contribution in [0.2, 0.25) is 0 Å². The predicted octanol–water partition coefficient (Wildman–Crippen LogP) is 3.50. The fraction of sp³-hybridized carbons (Fsp3) is 0.263. The number of H-pyrrole nitrogens is 1. The van der Waals surface area contributed by atoms with Crippen molar-refractivity contribution in [3.8, 4) is 11.4 Å². The maximum atomic E-state index is 4.60. The number of rotatable bonds is 2. The molecule has 120 valence electrons. The Morgan fingerprint density at radius 3 is 3.00 bits per heavy atom. The van der Waals surface area contributed by atoms with Crippen molar-refractivity contribution >= 4 is 21.9 Å². The first-order valence-corrected chi connectivity index (χ1v) is 8.51. The Morgan fingerprint density at radius 1 is 1.17 bits per heavy atom. The summed E-state index contributed by atoms with van der Waals surface area (Å²) in [6, 6.07) is 10.9. The summed E-state index contributed by atoms with van der Waals surface area (Å²) < 4.78 is 2.47. The molecule has 0 amide bonds. The first-order chi connectivity index (χ1) is 11.9. The van der Waals surface area contributed by atoms with E-state index in [9.17, 15) is 0 Å². The van der Waals surface area contributed by atoms with Crippen molar-refractivity contribution in [2.75, 3.05) is 13.1 Å². The van der Waals surface area contributed by atoms with E-state index in [-0.39, 0.29) is 0 Å². The Balaban J connectivity index is 1.84. The van der Waals surface area contributed by atoms with E-state index in [1.54, 1.807) is 0 Å². The van der Waals surface area contributed by atoms with Gasteiger partial charge in [0.1, 0.15) is 5.65 Å². The molecule has 4 aromatic heterocycles. The van der Waals surface area contributed by atoms with E-state index in [1.165, 1.54) is 34.8 Å². The zero-order valence-corrected chi connectivity index (χ0v) is 13.4. The van der Waals surface area contributed by atoms with Crippen molar-refractivity contribution in [2.45, 2.75) is 18.9 Å². The van der Waals surface area contributed by atoms with Crippen LogP contribution in [0.4, 0.5) is 0 Å². The number of nitrogens with one attached hydrogen (secondary N) is 2. The zero-order valence-electron chi connectivity index (χ0n) is 13.4. The molecule has 0 bridgehead atoms. The minimum atomic E-state index is 0.439. The van der Waals surface area contributed by atoms with Crippen LogP contribution in [-0.2, 0) is 0 Å². The Bertz CT molecular complexity index is 993. The highest BCUT2D eigenvalue weighted by atomic mass is 15.1. The number of hydrogen-bond acceptors (Lipinski definition) is 3. The average Bonchev–Trinajstić information content (AvgIpc) is 3.27. The van der Waals surface area contributed by atoms with E-state index in [4.69, 9.17) is 0 Å². The number of aromatic amines is 1. The Kier molecular flexibility index (Phi) is 3.13. The molecule has 5 heterocycles. The lowest BCUT2D eigenvalue weighted by molar-refractivity contribution is 0.382. The number of piperidine rings is 1. The van der Waals surface area contributed by atoms with Crippen LogP contribution in [0, 0.1) is 0 Å². The first kappa shape index (κ1) is 13.7. The van der Waals surface area contributed by atoms with Gasteiger partial charge in [-0.2, -0.15) is 0 Å². The second-order valence-corrected chi connectivity index (χ2v) is 6.42. The normalized spacial score (nSPS) is 18.4. The lowest BCUT2D eigenvalue weighted by Gasteiger charge is -2.27. The van der Waals surface area contributed by atoms with Gasteiger partial charge < -0.3 is 14.9 Å². The molecule has 1 aliphatic rings. The van der Waals surface area contributed by atoms with Gasteiger partial charge in [-0.25, -0.2) is 4.98 Å². The van der Waals surface area contributed by atoms with Gasteiger partial charge in [0.2, 0.25) is 0 Å². The van der Waals surface area contributed by atoms with E-state index in [2.05, 4.69) is 43.0 Å². The molecule has 0 unspecified atom stereocenters.